The van der Waals surface area contributed by atoms with Gasteiger partial charge in [0.15, 0.2) is 0 Å². The van der Waals surface area contributed by atoms with Crippen molar-refractivity contribution in [3.8, 4) is 5.75 Å². The van der Waals surface area contributed by atoms with Crippen LogP contribution >= 0.6 is 11.6 Å². The van der Waals surface area contributed by atoms with Crippen molar-refractivity contribution in [3.05, 3.63) is 40.7 Å². The predicted octanol–water partition coefficient (Wildman–Crippen LogP) is 2.72. The van der Waals surface area contributed by atoms with Crippen LogP contribution in [0, 0.1) is 6.92 Å². The van der Waals surface area contributed by atoms with Gasteiger partial charge in [-0.2, -0.15) is 0 Å². The Morgan fingerprint density at radius 3 is 2.56 bits per heavy atom. The molecule has 3 N–H and O–H groups in total. The maximum Gasteiger partial charge on any atom is 0.255 e. The molecule has 2 rings (SSSR count). The van der Waals surface area contributed by atoms with Gasteiger partial charge in [0.1, 0.15) is 23.2 Å². The SMILES string of the molecule is CCNc1cc(NCCNC(=O)c2cc(Cl)ccc2OC)nc(C)n1. The molecule has 25 heavy (non-hydrogen) atoms. The van der Waals surface area contributed by atoms with Gasteiger partial charge in [0.05, 0.1) is 12.7 Å². The molecular weight excluding hydrogens is 342 g/mol. The number of rotatable bonds is 8. The molecule has 0 fully saturated rings. The van der Waals surface area contributed by atoms with Gasteiger partial charge in [0, 0.05) is 30.7 Å². The average Bonchev–Trinajstić information content (AvgIpc) is 2.58. The van der Waals surface area contributed by atoms with Gasteiger partial charge in [0.25, 0.3) is 5.91 Å². The van der Waals surface area contributed by atoms with Crippen LogP contribution in [0.15, 0.2) is 24.3 Å². The van der Waals surface area contributed by atoms with E-state index >= 15 is 0 Å². The monoisotopic (exact) mass is 363 g/mol. The topological polar surface area (TPSA) is 88.2 Å². The van der Waals surface area contributed by atoms with Crippen LogP contribution in [0.2, 0.25) is 5.02 Å². The van der Waals surface area contributed by atoms with Crippen molar-refractivity contribution in [1.29, 1.82) is 0 Å². The Morgan fingerprint density at radius 2 is 1.88 bits per heavy atom. The number of carbonyl (C=O) groups excluding carboxylic acids is 1. The number of hydrogen-bond donors (Lipinski definition) is 3. The highest BCUT2D eigenvalue weighted by atomic mass is 35.5. The van der Waals surface area contributed by atoms with Gasteiger partial charge in [0.2, 0.25) is 0 Å². The van der Waals surface area contributed by atoms with E-state index in [4.69, 9.17) is 16.3 Å². The minimum absolute atomic E-state index is 0.242. The highest BCUT2D eigenvalue weighted by Gasteiger charge is 2.12. The Morgan fingerprint density at radius 1 is 1.16 bits per heavy atom. The van der Waals surface area contributed by atoms with Crippen LogP contribution in [0.25, 0.3) is 0 Å². The van der Waals surface area contributed by atoms with Gasteiger partial charge in [-0.05, 0) is 32.0 Å². The van der Waals surface area contributed by atoms with Crippen molar-refractivity contribution in [2.75, 3.05) is 37.4 Å². The molecule has 134 valence electrons. The molecule has 1 amide bonds. The third-order valence-corrected chi connectivity index (χ3v) is 3.55. The molecule has 7 nitrogen and oxygen atoms in total. The summed E-state index contributed by atoms with van der Waals surface area (Å²) < 4.78 is 5.19. The second kappa shape index (κ2) is 9.08. The third-order valence-electron chi connectivity index (χ3n) is 3.32. The van der Waals surface area contributed by atoms with Crippen LogP contribution < -0.4 is 20.7 Å². The number of aryl methyl sites for hydroxylation is 1. The zero-order chi connectivity index (χ0) is 18.2. The summed E-state index contributed by atoms with van der Waals surface area (Å²) in [5, 5.41) is 9.63. The number of amides is 1. The molecule has 0 saturated carbocycles. The minimum atomic E-state index is -0.242. The van der Waals surface area contributed by atoms with Gasteiger partial charge >= 0.3 is 0 Å². The second-order valence-electron chi connectivity index (χ2n) is 5.24. The average molecular weight is 364 g/mol. The summed E-state index contributed by atoms with van der Waals surface area (Å²) in [7, 11) is 1.51. The lowest BCUT2D eigenvalue weighted by Gasteiger charge is -2.11. The smallest absolute Gasteiger partial charge is 0.255 e. The first-order chi connectivity index (χ1) is 12.0. The maximum atomic E-state index is 12.3. The fourth-order valence-corrected chi connectivity index (χ4v) is 2.42. The van der Waals surface area contributed by atoms with E-state index in [1.54, 1.807) is 18.2 Å². The summed E-state index contributed by atoms with van der Waals surface area (Å²) in [5.74, 6) is 2.39. The lowest BCUT2D eigenvalue weighted by Crippen LogP contribution is -2.29. The molecule has 0 saturated heterocycles. The molecule has 1 aromatic heterocycles. The van der Waals surface area contributed by atoms with Crippen LogP contribution in [0.3, 0.4) is 0 Å². The number of hydrogen-bond acceptors (Lipinski definition) is 6. The van der Waals surface area contributed by atoms with Crippen LogP contribution in [0.4, 0.5) is 11.6 Å². The van der Waals surface area contributed by atoms with Crippen LogP contribution in [0.5, 0.6) is 5.75 Å². The van der Waals surface area contributed by atoms with Crippen molar-refractivity contribution in [2.45, 2.75) is 13.8 Å². The van der Waals surface area contributed by atoms with E-state index in [0.29, 0.717) is 41.1 Å². The summed E-state index contributed by atoms with van der Waals surface area (Å²) in [6, 6.07) is 6.76. The van der Waals surface area contributed by atoms with Crippen molar-refractivity contribution in [2.24, 2.45) is 0 Å². The molecule has 2 aromatic rings. The minimum Gasteiger partial charge on any atom is -0.496 e. The van der Waals surface area contributed by atoms with E-state index < -0.39 is 0 Å². The Balaban J connectivity index is 1.89. The highest BCUT2D eigenvalue weighted by Crippen LogP contribution is 2.22. The fourth-order valence-electron chi connectivity index (χ4n) is 2.25. The number of ether oxygens (including phenoxy) is 1. The van der Waals surface area contributed by atoms with E-state index in [1.807, 2.05) is 19.9 Å². The number of halogens is 1. The number of anilines is 2. The molecule has 0 aliphatic rings. The van der Waals surface area contributed by atoms with Crippen LogP contribution in [-0.2, 0) is 0 Å². The molecule has 0 unspecified atom stereocenters. The number of methoxy groups -OCH3 is 1. The van der Waals surface area contributed by atoms with Gasteiger partial charge in [-0.3, -0.25) is 4.79 Å². The van der Waals surface area contributed by atoms with E-state index in [0.717, 1.165) is 12.4 Å². The first-order valence-electron chi connectivity index (χ1n) is 7.98. The standard InChI is InChI=1S/C17H22ClN5O2/c1-4-19-15-10-16(23-11(2)22-15)20-7-8-21-17(24)13-9-12(18)5-6-14(13)25-3/h5-6,9-10H,4,7-8H2,1-3H3,(H,21,24)(H2,19,20,22,23). The lowest BCUT2D eigenvalue weighted by molar-refractivity contribution is 0.0952. The largest absolute Gasteiger partial charge is 0.496 e. The zero-order valence-electron chi connectivity index (χ0n) is 14.5. The number of benzene rings is 1. The highest BCUT2D eigenvalue weighted by molar-refractivity contribution is 6.31. The Hall–Kier alpha value is -2.54. The second-order valence-corrected chi connectivity index (χ2v) is 5.68. The summed E-state index contributed by atoms with van der Waals surface area (Å²) in [6.07, 6.45) is 0. The Labute approximate surface area is 152 Å². The first-order valence-corrected chi connectivity index (χ1v) is 8.36. The summed E-state index contributed by atoms with van der Waals surface area (Å²) in [4.78, 5) is 20.9. The summed E-state index contributed by atoms with van der Waals surface area (Å²) in [5.41, 5.74) is 0.405. The van der Waals surface area contributed by atoms with Crippen LogP contribution in [-0.4, -0.2) is 42.6 Å². The van der Waals surface area contributed by atoms with E-state index in [2.05, 4.69) is 25.9 Å². The number of aromatic nitrogens is 2. The van der Waals surface area contributed by atoms with Gasteiger partial charge < -0.3 is 20.7 Å². The third kappa shape index (κ3) is 5.49. The molecule has 0 bridgehead atoms. The lowest BCUT2D eigenvalue weighted by atomic mass is 10.2. The molecule has 0 radical (unpaired) electrons. The van der Waals surface area contributed by atoms with E-state index in [-0.39, 0.29) is 5.91 Å². The predicted molar refractivity (Wildman–Crippen MR) is 99.8 cm³/mol. The first kappa shape index (κ1) is 18.8. The molecule has 0 aliphatic carbocycles. The quantitative estimate of drug-likeness (QED) is 0.625. The number of carbonyl (C=O) groups is 1. The molecule has 8 heteroatoms. The molecule has 0 aliphatic heterocycles. The van der Waals surface area contributed by atoms with E-state index in [9.17, 15) is 4.79 Å². The van der Waals surface area contributed by atoms with Crippen molar-refractivity contribution in [1.82, 2.24) is 15.3 Å². The van der Waals surface area contributed by atoms with Crippen molar-refractivity contribution < 1.29 is 9.53 Å². The summed E-state index contributed by atoms with van der Waals surface area (Å²) >= 11 is 5.95. The number of nitrogens with one attached hydrogen (secondary N) is 3. The zero-order valence-corrected chi connectivity index (χ0v) is 15.3. The maximum absolute atomic E-state index is 12.3. The molecule has 0 atom stereocenters. The molecule has 1 aromatic carbocycles. The van der Waals surface area contributed by atoms with Gasteiger partial charge in [-0.25, -0.2) is 9.97 Å². The fraction of sp³-hybridized carbons (Fsp3) is 0.353. The Kier molecular flexibility index (Phi) is 6.82. The van der Waals surface area contributed by atoms with Crippen molar-refractivity contribution in [3.63, 3.8) is 0 Å². The molecule has 1 heterocycles. The normalized spacial score (nSPS) is 10.2. The van der Waals surface area contributed by atoms with Crippen LogP contribution in [0.1, 0.15) is 23.1 Å². The van der Waals surface area contributed by atoms with Gasteiger partial charge in [-0.1, -0.05) is 11.6 Å². The molecular formula is C17H22ClN5O2. The van der Waals surface area contributed by atoms with Gasteiger partial charge in [-0.15, -0.1) is 0 Å². The van der Waals surface area contributed by atoms with Crippen molar-refractivity contribution >= 4 is 29.1 Å². The van der Waals surface area contributed by atoms with E-state index in [1.165, 1.54) is 7.11 Å². The molecule has 0 spiro atoms. The number of nitrogens with zero attached hydrogens (tertiary/aromatic N) is 2. The summed E-state index contributed by atoms with van der Waals surface area (Å²) in [6.45, 7) is 5.57. The Bertz CT molecular complexity index is 739.